The van der Waals surface area contributed by atoms with Crippen LogP contribution >= 0.6 is 11.6 Å². The quantitative estimate of drug-likeness (QED) is 0.807. The second-order valence-corrected chi connectivity index (χ2v) is 6.09. The summed E-state index contributed by atoms with van der Waals surface area (Å²) in [7, 11) is 0. The number of pyridine rings is 1. The first kappa shape index (κ1) is 17.2. The van der Waals surface area contributed by atoms with Crippen molar-refractivity contribution in [1.82, 2.24) is 4.98 Å². The predicted molar refractivity (Wildman–Crippen MR) is 96.5 cm³/mol. The van der Waals surface area contributed by atoms with E-state index in [1.807, 2.05) is 39.0 Å². The molecule has 0 fully saturated rings. The zero-order valence-corrected chi connectivity index (χ0v) is 14.7. The summed E-state index contributed by atoms with van der Waals surface area (Å²) in [5.41, 5.74) is 5.67. The number of allylic oxidation sites excluding steroid dienone is 1. The van der Waals surface area contributed by atoms with Gasteiger partial charge >= 0.3 is 0 Å². The number of carbonyl (C=O) groups excluding carboxylic acids is 1. The Morgan fingerprint density at radius 1 is 1.26 bits per heavy atom. The van der Waals surface area contributed by atoms with Gasteiger partial charge in [0.1, 0.15) is 0 Å². The molecule has 1 aromatic carbocycles. The monoisotopic (exact) mass is 328 g/mol. The number of amides is 1. The number of nitrogens with one attached hydrogen (secondary N) is 1. The van der Waals surface area contributed by atoms with Crippen molar-refractivity contribution in [3.05, 3.63) is 69.5 Å². The van der Waals surface area contributed by atoms with Crippen LogP contribution in [-0.4, -0.2) is 10.9 Å². The Kier molecular flexibility index (Phi) is 5.22. The standard InChI is InChI=1S/C19H21ClN2O/c1-6-7-15-13(4)21-14(5)17(18(15)20)19(23)22-16-9-8-11(2)10-12(16)3/h6,8-10H,1,7H2,2-5H3,(H,22,23). The summed E-state index contributed by atoms with van der Waals surface area (Å²) >= 11 is 6.48. The number of aryl methyl sites for hydroxylation is 4. The van der Waals surface area contributed by atoms with E-state index in [4.69, 9.17) is 11.6 Å². The van der Waals surface area contributed by atoms with Crippen molar-refractivity contribution in [2.75, 3.05) is 5.32 Å². The van der Waals surface area contributed by atoms with Crippen molar-refractivity contribution in [2.24, 2.45) is 0 Å². The van der Waals surface area contributed by atoms with Gasteiger partial charge in [-0.3, -0.25) is 9.78 Å². The van der Waals surface area contributed by atoms with Crippen LogP contribution in [-0.2, 0) is 6.42 Å². The summed E-state index contributed by atoms with van der Waals surface area (Å²) in [4.78, 5) is 17.2. The minimum atomic E-state index is -0.239. The SMILES string of the molecule is C=CCc1c(C)nc(C)c(C(=O)Nc2ccc(C)cc2C)c1Cl. The molecule has 3 nitrogen and oxygen atoms in total. The van der Waals surface area contributed by atoms with Crippen molar-refractivity contribution >= 4 is 23.2 Å². The van der Waals surface area contributed by atoms with Crippen molar-refractivity contribution in [1.29, 1.82) is 0 Å². The molecule has 2 rings (SSSR count). The van der Waals surface area contributed by atoms with Gasteiger partial charge in [0.25, 0.3) is 5.91 Å². The molecule has 0 bridgehead atoms. The first-order valence-electron chi connectivity index (χ1n) is 7.50. The molecule has 0 saturated carbocycles. The number of hydrogen-bond donors (Lipinski definition) is 1. The maximum Gasteiger partial charge on any atom is 0.259 e. The van der Waals surface area contributed by atoms with E-state index in [0.29, 0.717) is 22.7 Å². The highest BCUT2D eigenvalue weighted by Crippen LogP contribution is 2.28. The maximum atomic E-state index is 12.7. The topological polar surface area (TPSA) is 42.0 Å². The Balaban J connectivity index is 2.43. The van der Waals surface area contributed by atoms with Crippen LogP contribution < -0.4 is 5.32 Å². The van der Waals surface area contributed by atoms with Crippen LogP contribution in [0.5, 0.6) is 0 Å². The van der Waals surface area contributed by atoms with E-state index in [2.05, 4.69) is 16.9 Å². The molecule has 0 aliphatic rings. The number of carbonyl (C=O) groups is 1. The van der Waals surface area contributed by atoms with Gasteiger partial charge in [-0.2, -0.15) is 0 Å². The second kappa shape index (κ2) is 6.97. The highest BCUT2D eigenvalue weighted by molar-refractivity contribution is 6.35. The smallest absolute Gasteiger partial charge is 0.259 e. The summed E-state index contributed by atoms with van der Waals surface area (Å²) < 4.78 is 0. The van der Waals surface area contributed by atoms with Gasteiger partial charge in [-0.15, -0.1) is 6.58 Å². The number of halogens is 1. The summed E-state index contributed by atoms with van der Waals surface area (Å²) in [5.74, 6) is -0.239. The molecule has 2 aromatic rings. The number of rotatable bonds is 4. The third-order valence-electron chi connectivity index (χ3n) is 3.82. The molecule has 120 valence electrons. The molecular formula is C19H21ClN2O. The first-order valence-corrected chi connectivity index (χ1v) is 7.88. The Morgan fingerprint density at radius 3 is 2.57 bits per heavy atom. The second-order valence-electron chi connectivity index (χ2n) is 5.72. The fourth-order valence-corrected chi connectivity index (χ4v) is 3.06. The third-order valence-corrected chi connectivity index (χ3v) is 4.24. The number of hydrogen-bond acceptors (Lipinski definition) is 2. The molecule has 0 atom stereocenters. The van der Waals surface area contributed by atoms with E-state index in [1.165, 1.54) is 0 Å². The van der Waals surface area contributed by atoms with Gasteiger partial charge in [0.2, 0.25) is 0 Å². The number of nitrogens with zero attached hydrogens (tertiary/aromatic N) is 1. The van der Waals surface area contributed by atoms with E-state index in [9.17, 15) is 4.79 Å². The lowest BCUT2D eigenvalue weighted by atomic mass is 10.0. The average molecular weight is 329 g/mol. The molecule has 4 heteroatoms. The van der Waals surface area contributed by atoms with Crippen molar-refractivity contribution in [3.8, 4) is 0 Å². The van der Waals surface area contributed by atoms with E-state index >= 15 is 0 Å². The molecular weight excluding hydrogens is 308 g/mol. The highest BCUT2D eigenvalue weighted by atomic mass is 35.5. The molecule has 0 saturated heterocycles. The summed E-state index contributed by atoms with van der Waals surface area (Å²) in [6.45, 7) is 11.4. The van der Waals surface area contributed by atoms with Gasteiger partial charge in [0.05, 0.1) is 16.3 Å². The van der Waals surface area contributed by atoms with E-state index in [0.717, 1.165) is 28.1 Å². The molecule has 0 aliphatic heterocycles. The Bertz CT molecular complexity index is 781. The molecule has 0 unspecified atom stereocenters. The van der Waals surface area contributed by atoms with Crippen LogP contribution in [0.3, 0.4) is 0 Å². The molecule has 0 spiro atoms. The Hall–Kier alpha value is -2.13. The molecule has 1 heterocycles. The van der Waals surface area contributed by atoms with Gasteiger partial charge in [-0.1, -0.05) is 35.4 Å². The lowest BCUT2D eigenvalue weighted by Gasteiger charge is -2.15. The zero-order valence-electron chi connectivity index (χ0n) is 14.0. The van der Waals surface area contributed by atoms with Crippen LogP contribution in [0, 0.1) is 27.7 Å². The molecule has 1 N–H and O–H groups in total. The summed E-state index contributed by atoms with van der Waals surface area (Å²) in [5, 5.41) is 3.39. The summed E-state index contributed by atoms with van der Waals surface area (Å²) in [6, 6.07) is 5.90. The summed E-state index contributed by atoms with van der Waals surface area (Å²) in [6.07, 6.45) is 2.35. The third kappa shape index (κ3) is 3.62. The maximum absolute atomic E-state index is 12.7. The van der Waals surface area contributed by atoms with Crippen LogP contribution in [0.25, 0.3) is 0 Å². The number of anilines is 1. The van der Waals surface area contributed by atoms with Crippen LogP contribution in [0.1, 0.15) is 38.4 Å². The minimum absolute atomic E-state index is 0.239. The fourth-order valence-electron chi connectivity index (χ4n) is 2.63. The van der Waals surface area contributed by atoms with Gasteiger partial charge in [-0.25, -0.2) is 0 Å². The number of benzene rings is 1. The van der Waals surface area contributed by atoms with E-state index < -0.39 is 0 Å². The van der Waals surface area contributed by atoms with Crippen LogP contribution in [0.4, 0.5) is 5.69 Å². The molecule has 0 radical (unpaired) electrons. The van der Waals surface area contributed by atoms with Gasteiger partial charge < -0.3 is 5.32 Å². The van der Waals surface area contributed by atoms with Crippen molar-refractivity contribution in [3.63, 3.8) is 0 Å². The van der Waals surface area contributed by atoms with E-state index in [-0.39, 0.29) is 5.91 Å². The predicted octanol–water partition coefficient (Wildman–Crippen LogP) is 4.95. The van der Waals surface area contributed by atoms with Crippen LogP contribution in [0.2, 0.25) is 5.02 Å². The molecule has 1 aromatic heterocycles. The normalized spacial score (nSPS) is 10.5. The van der Waals surface area contributed by atoms with Crippen molar-refractivity contribution in [2.45, 2.75) is 34.1 Å². The first-order chi connectivity index (χ1) is 10.8. The fraction of sp³-hybridized carbons (Fsp3) is 0.263. The molecule has 0 aliphatic carbocycles. The molecule has 1 amide bonds. The Morgan fingerprint density at radius 2 is 1.96 bits per heavy atom. The number of aromatic nitrogens is 1. The van der Waals surface area contributed by atoms with Gasteiger partial charge in [0.15, 0.2) is 0 Å². The lowest BCUT2D eigenvalue weighted by Crippen LogP contribution is -2.17. The largest absolute Gasteiger partial charge is 0.322 e. The van der Waals surface area contributed by atoms with Crippen LogP contribution in [0.15, 0.2) is 30.9 Å². The van der Waals surface area contributed by atoms with Gasteiger partial charge in [0, 0.05) is 11.4 Å². The zero-order chi connectivity index (χ0) is 17.1. The minimum Gasteiger partial charge on any atom is -0.322 e. The van der Waals surface area contributed by atoms with E-state index in [1.54, 1.807) is 13.0 Å². The highest BCUT2D eigenvalue weighted by Gasteiger charge is 2.20. The Labute approximate surface area is 142 Å². The lowest BCUT2D eigenvalue weighted by molar-refractivity contribution is 0.102. The average Bonchev–Trinajstić information content (AvgIpc) is 2.46. The van der Waals surface area contributed by atoms with Gasteiger partial charge in [-0.05, 0) is 51.3 Å². The molecule has 23 heavy (non-hydrogen) atoms. The van der Waals surface area contributed by atoms with Crippen molar-refractivity contribution < 1.29 is 4.79 Å².